The second-order valence-electron chi connectivity index (χ2n) is 6.51. The van der Waals surface area contributed by atoms with E-state index in [4.69, 9.17) is 0 Å². The van der Waals surface area contributed by atoms with Crippen molar-refractivity contribution in [1.29, 1.82) is 0 Å². The molecule has 0 unspecified atom stereocenters. The van der Waals surface area contributed by atoms with Gasteiger partial charge >= 0.3 is 6.61 Å². The van der Waals surface area contributed by atoms with E-state index in [-0.39, 0.29) is 11.6 Å². The number of aryl methyl sites for hydroxylation is 1. The van der Waals surface area contributed by atoms with Crippen molar-refractivity contribution in [1.82, 2.24) is 24.3 Å². The molecule has 0 saturated carbocycles. The Morgan fingerprint density at radius 1 is 1.10 bits per heavy atom. The van der Waals surface area contributed by atoms with Crippen LogP contribution in [0, 0.1) is 6.92 Å². The molecule has 0 amide bonds. The van der Waals surface area contributed by atoms with E-state index in [1.807, 2.05) is 0 Å². The van der Waals surface area contributed by atoms with Crippen molar-refractivity contribution in [2.75, 3.05) is 0 Å². The van der Waals surface area contributed by atoms with E-state index in [0.717, 1.165) is 4.68 Å². The molecule has 11 heteroatoms. The second kappa shape index (κ2) is 7.65. The normalized spacial score (nSPS) is 11.7. The second-order valence-corrected chi connectivity index (χ2v) is 6.51. The maximum absolute atomic E-state index is 12.6. The summed E-state index contributed by atoms with van der Waals surface area (Å²) in [6, 6.07) is 3.06. The van der Waals surface area contributed by atoms with Gasteiger partial charge in [0.25, 0.3) is 6.43 Å². The Morgan fingerprint density at radius 2 is 1.90 bits per heavy atom. The minimum atomic E-state index is -2.98. The number of halogens is 4. The zero-order valence-corrected chi connectivity index (χ0v) is 15.5. The van der Waals surface area contributed by atoms with Gasteiger partial charge in [-0.1, -0.05) is 0 Å². The van der Waals surface area contributed by atoms with Crippen molar-refractivity contribution < 1.29 is 27.4 Å². The number of hydrogen-bond acceptors (Lipinski definition) is 5. The molecule has 0 aliphatic heterocycles. The van der Waals surface area contributed by atoms with E-state index in [1.54, 1.807) is 13.0 Å². The average molecular weight is 421 g/mol. The predicted molar refractivity (Wildman–Crippen MR) is 99.1 cm³/mol. The summed E-state index contributed by atoms with van der Waals surface area (Å²) in [5.41, 5.74) is 2.38. The lowest BCUT2D eigenvalue weighted by Crippen LogP contribution is -2.06. The molecular weight excluding hydrogens is 406 g/mol. The number of ether oxygens (including phenoxy) is 1. The fourth-order valence-corrected chi connectivity index (χ4v) is 3.17. The van der Waals surface area contributed by atoms with E-state index < -0.39 is 19.6 Å². The molecule has 0 saturated heterocycles. The molecular formula is C19H15F4N5O2. The van der Waals surface area contributed by atoms with Crippen molar-refractivity contribution in [3.63, 3.8) is 0 Å². The molecule has 0 fully saturated rings. The third kappa shape index (κ3) is 3.78. The van der Waals surface area contributed by atoms with Gasteiger partial charge in [-0.25, -0.2) is 13.8 Å². The predicted octanol–water partition coefficient (Wildman–Crippen LogP) is 4.16. The number of hydrogen-bond donors (Lipinski definition) is 1. The SMILES string of the molecule is Cc1cc(-c2cncc(OC(F)F)c2)nc2cn(-c3cnn(CC(F)F)c3)c(O)c12. The summed E-state index contributed by atoms with van der Waals surface area (Å²) in [6.07, 6.45) is 4.34. The van der Waals surface area contributed by atoms with Crippen LogP contribution in [0.1, 0.15) is 5.56 Å². The minimum Gasteiger partial charge on any atom is -0.494 e. The summed E-state index contributed by atoms with van der Waals surface area (Å²) in [4.78, 5) is 8.37. The van der Waals surface area contributed by atoms with Gasteiger partial charge in [-0.05, 0) is 24.6 Å². The molecule has 7 nitrogen and oxygen atoms in total. The monoisotopic (exact) mass is 421 g/mol. The smallest absolute Gasteiger partial charge is 0.387 e. The summed E-state index contributed by atoms with van der Waals surface area (Å²) >= 11 is 0. The number of aromatic nitrogens is 5. The first-order chi connectivity index (χ1) is 14.3. The van der Waals surface area contributed by atoms with Crippen LogP contribution in [0.2, 0.25) is 0 Å². The Labute approximate surface area is 167 Å². The van der Waals surface area contributed by atoms with Crippen molar-refractivity contribution >= 4 is 10.9 Å². The highest BCUT2D eigenvalue weighted by molar-refractivity contribution is 5.90. The Bertz CT molecular complexity index is 1210. The molecule has 4 aromatic rings. The topological polar surface area (TPSA) is 78.0 Å². The summed E-state index contributed by atoms with van der Waals surface area (Å²) in [6.45, 7) is -1.78. The number of fused-ring (bicyclic) bond motifs is 1. The lowest BCUT2D eigenvalue weighted by atomic mass is 10.1. The molecule has 30 heavy (non-hydrogen) atoms. The number of nitrogens with zero attached hydrogens (tertiary/aromatic N) is 5. The summed E-state index contributed by atoms with van der Waals surface area (Å²) in [7, 11) is 0. The van der Waals surface area contributed by atoms with Gasteiger partial charge in [-0.15, -0.1) is 0 Å². The first-order valence-corrected chi connectivity index (χ1v) is 8.74. The number of rotatable bonds is 6. The first kappa shape index (κ1) is 19.7. The minimum absolute atomic E-state index is 0.103. The van der Waals surface area contributed by atoms with Gasteiger partial charge in [0.15, 0.2) is 0 Å². The van der Waals surface area contributed by atoms with Crippen molar-refractivity contribution in [3.05, 3.63) is 48.7 Å². The van der Waals surface area contributed by atoms with Crippen molar-refractivity contribution in [2.24, 2.45) is 0 Å². The number of pyridine rings is 2. The molecule has 156 valence electrons. The molecule has 4 rings (SSSR count). The fraction of sp³-hybridized carbons (Fsp3) is 0.211. The third-order valence-electron chi connectivity index (χ3n) is 4.40. The van der Waals surface area contributed by atoms with Crippen LogP contribution < -0.4 is 4.74 Å². The van der Waals surface area contributed by atoms with Gasteiger partial charge in [-0.3, -0.25) is 14.2 Å². The largest absolute Gasteiger partial charge is 0.494 e. The lowest BCUT2D eigenvalue weighted by Gasteiger charge is -2.07. The lowest BCUT2D eigenvalue weighted by molar-refractivity contribution is -0.0500. The van der Waals surface area contributed by atoms with Gasteiger partial charge in [0, 0.05) is 24.2 Å². The molecule has 0 aromatic carbocycles. The van der Waals surface area contributed by atoms with Crippen LogP contribution in [-0.4, -0.2) is 42.5 Å². The van der Waals surface area contributed by atoms with Gasteiger partial charge in [0.2, 0.25) is 5.88 Å². The van der Waals surface area contributed by atoms with E-state index >= 15 is 0 Å². The van der Waals surface area contributed by atoms with Crippen LogP contribution in [0.5, 0.6) is 11.6 Å². The highest BCUT2D eigenvalue weighted by Crippen LogP contribution is 2.34. The van der Waals surface area contributed by atoms with Gasteiger partial charge < -0.3 is 9.84 Å². The van der Waals surface area contributed by atoms with Crippen LogP contribution in [-0.2, 0) is 6.54 Å². The van der Waals surface area contributed by atoms with Crippen LogP contribution in [0.3, 0.4) is 0 Å². The Balaban J connectivity index is 1.75. The fourth-order valence-electron chi connectivity index (χ4n) is 3.17. The van der Waals surface area contributed by atoms with Gasteiger partial charge in [-0.2, -0.15) is 13.9 Å². The molecule has 1 N–H and O–H groups in total. The molecule has 0 bridgehead atoms. The van der Waals surface area contributed by atoms with Crippen molar-refractivity contribution in [2.45, 2.75) is 26.5 Å². The van der Waals surface area contributed by atoms with Gasteiger partial charge in [0.1, 0.15) is 12.3 Å². The highest BCUT2D eigenvalue weighted by Gasteiger charge is 2.17. The zero-order valence-electron chi connectivity index (χ0n) is 15.5. The Morgan fingerprint density at radius 3 is 2.63 bits per heavy atom. The van der Waals surface area contributed by atoms with Gasteiger partial charge in [0.05, 0.1) is 34.7 Å². The maximum Gasteiger partial charge on any atom is 0.387 e. The molecule has 0 aliphatic carbocycles. The van der Waals surface area contributed by atoms with E-state index in [0.29, 0.717) is 33.4 Å². The summed E-state index contributed by atoms with van der Waals surface area (Å²) in [5.74, 6) is -0.222. The Hall–Kier alpha value is -3.63. The highest BCUT2D eigenvalue weighted by atomic mass is 19.3. The van der Waals surface area contributed by atoms with E-state index in [2.05, 4.69) is 19.8 Å². The van der Waals surface area contributed by atoms with Crippen LogP contribution in [0.4, 0.5) is 17.6 Å². The first-order valence-electron chi connectivity index (χ1n) is 8.74. The summed E-state index contributed by atoms with van der Waals surface area (Å²) in [5, 5.41) is 15.0. The van der Waals surface area contributed by atoms with Crippen LogP contribution in [0.25, 0.3) is 27.8 Å². The quantitative estimate of drug-likeness (QED) is 0.473. The third-order valence-corrected chi connectivity index (χ3v) is 4.40. The number of alkyl halides is 4. The standard InChI is InChI=1S/C19H15F4N5O2/c1-10-2-14(11-3-13(6-24-4-11)30-19(22)23)26-15-8-28(18(29)17(10)15)12-5-25-27(7-12)9-16(20)21/h2-8,16,19,29H,9H2,1H3. The molecule has 0 aliphatic rings. The number of aromatic hydroxyl groups is 1. The zero-order chi connectivity index (χ0) is 21.4. The molecule has 0 atom stereocenters. The molecule has 0 radical (unpaired) electrons. The van der Waals surface area contributed by atoms with Crippen LogP contribution in [0.15, 0.2) is 43.1 Å². The van der Waals surface area contributed by atoms with E-state index in [9.17, 15) is 22.7 Å². The average Bonchev–Trinajstić information content (AvgIpc) is 3.25. The van der Waals surface area contributed by atoms with Crippen LogP contribution >= 0.6 is 0 Å². The Kier molecular flexibility index (Phi) is 5.02. The van der Waals surface area contributed by atoms with E-state index in [1.165, 1.54) is 41.6 Å². The molecule has 4 aromatic heterocycles. The molecule has 4 heterocycles. The molecule has 0 spiro atoms. The maximum atomic E-state index is 12.6. The summed E-state index contributed by atoms with van der Waals surface area (Å²) < 4.78 is 56.9. The van der Waals surface area contributed by atoms with Crippen molar-refractivity contribution in [3.8, 4) is 28.6 Å².